The van der Waals surface area contributed by atoms with Crippen LogP contribution in [-0.2, 0) is 9.22 Å². The molecule has 0 bridgehead atoms. The van der Waals surface area contributed by atoms with Crippen LogP contribution >= 0.6 is 0 Å². The van der Waals surface area contributed by atoms with Crippen LogP contribution in [0.2, 0.25) is 19.6 Å². The zero-order valence-corrected chi connectivity index (χ0v) is 21.0. The van der Waals surface area contributed by atoms with Gasteiger partial charge in [0.05, 0.1) is 6.10 Å². The molecule has 1 N–H and O–H groups in total. The van der Waals surface area contributed by atoms with E-state index in [1.165, 1.54) is 83.5 Å². The zero-order valence-electron chi connectivity index (χ0n) is 20.0. The van der Waals surface area contributed by atoms with E-state index in [2.05, 4.69) is 38.7 Å². The van der Waals surface area contributed by atoms with Gasteiger partial charge in [0.1, 0.15) is 0 Å². The summed E-state index contributed by atoms with van der Waals surface area (Å²) in [4.78, 5) is 10.5. The van der Waals surface area contributed by atoms with E-state index in [1.807, 2.05) is 0 Å². The van der Waals surface area contributed by atoms with E-state index in [9.17, 15) is 4.79 Å². The maximum Gasteiger partial charge on any atom is 0.303 e. The molecule has 1 atom stereocenters. The van der Waals surface area contributed by atoms with E-state index in [4.69, 9.17) is 9.53 Å². The molecule has 0 aliphatic heterocycles. The van der Waals surface area contributed by atoms with Crippen molar-refractivity contribution in [1.29, 1.82) is 0 Å². The Hall–Kier alpha value is -0.613. The van der Waals surface area contributed by atoms with Crippen LogP contribution in [0.4, 0.5) is 0 Å². The molecule has 0 radical (unpaired) electrons. The Morgan fingerprint density at radius 1 is 0.828 bits per heavy atom. The lowest BCUT2D eigenvalue weighted by molar-refractivity contribution is -0.137. The van der Waals surface area contributed by atoms with Crippen molar-refractivity contribution in [3.05, 3.63) is 12.2 Å². The Morgan fingerprint density at radius 2 is 1.34 bits per heavy atom. The number of carboxylic acid groups (broad SMARTS) is 1. The minimum absolute atomic E-state index is 0.303. The maximum absolute atomic E-state index is 10.5. The first kappa shape index (κ1) is 28.4. The zero-order chi connectivity index (χ0) is 21.8. The third-order valence-electron chi connectivity index (χ3n) is 5.21. The molecular formula is C25H50O3Si. The summed E-state index contributed by atoms with van der Waals surface area (Å²) >= 11 is 0. The van der Waals surface area contributed by atoms with Crippen LogP contribution < -0.4 is 0 Å². The second-order valence-electron chi connectivity index (χ2n) is 9.51. The fourth-order valence-corrected chi connectivity index (χ4v) is 4.73. The Kier molecular flexibility index (Phi) is 18.9. The van der Waals surface area contributed by atoms with Crippen molar-refractivity contribution in [2.45, 2.75) is 142 Å². The van der Waals surface area contributed by atoms with Gasteiger partial charge in [-0.1, -0.05) is 96.1 Å². The number of hydrogen-bond acceptors (Lipinski definition) is 2. The molecule has 3 nitrogen and oxygen atoms in total. The number of allylic oxidation sites excluding steroid dienone is 1. The van der Waals surface area contributed by atoms with Crippen LogP contribution in [-0.4, -0.2) is 25.5 Å². The van der Waals surface area contributed by atoms with Gasteiger partial charge in [0.25, 0.3) is 0 Å². The van der Waals surface area contributed by atoms with Crippen molar-refractivity contribution >= 4 is 14.3 Å². The van der Waals surface area contributed by atoms with E-state index in [0.29, 0.717) is 12.5 Å². The molecule has 0 saturated carbocycles. The highest BCUT2D eigenvalue weighted by atomic mass is 28.4. The van der Waals surface area contributed by atoms with Crippen molar-refractivity contribution in [1.82, 2.24) is 0 Å². The highest BCUT2D eigenvalue weighted by Crippen LogP contribution is 2.17. The van der Waals surface area contributed by atoms with Crippen LogP contribution in [0.25, 0.3) is 0 Å². The van der Waals surface area contributed by atoms with Crippen LogP contribution in [0.5, 0.6) is 0 Å². The SMILES string of the molecule is CCCCCCCC/C=C/C(CCCCCCCCCCC(=O)O)O[Si](C)(C)C. The molecule has 0 fully saturated rings. The summed E-state index contributed by atoms with van der Waals surface area (Å²) in [6.07, 6.45) is 25.2. The standard InChI is InChI=1S/C25H50O3Si/c1-5-6-7-8-9-12-15-18-21-24(28-29(2,3)4)22-19-16-13-10-11-14-17-20-23-25(26)27/h18,21,24H,5-17,19-20,22-23H2,1-4H3,(H,26,27)/b21-18+. The molecule has 0 saturated heterocycles. The predicted molar refractivity (Wildman–Crippen MR) is 129 cm³/mol. The molecule has 0 spiro atoms. The number of carboxylic acids is 1. The van der Waals surface area contributed by atoms with E-state index < -0.39 is 14.3 Å². The molecule has 0 aromatic heterocycles. The number of hydrogen-bond donors (Lipinski definition) is 1. The number of carbonyl (C=O) groups is 1. The van der Waals surface area contributed by atoms with Crippen molar-refractivity contribution in [3.63, 3.8) is 0 Å². The quantitative estimate of drug-likeness (QED) is 0.114. The Labute approximate surface area is 182 Å². The van der Waals surface area contributed by atoms with Gasteiger partial charge in [0.2, 0.25) is 0 Å². The van der Waals surface area contributed by atoms with Crippen molar-refractivity contribution < 1.29 is 14.3 Å². The first-order chi connectivity index (χ1) is 13.8. The van der Waals surface area contributed by atoms with Crippen molar-refractivity contribution in [2.24, 2.45) is 0 Å². The van der Waals surface area contributed by atoms with Gasteiger partial charge in [-0.15, -0.1) is 0 Å². The Bertz CT molecular complexity index is 401. The third kappa shape index (κ3) is 23.5. The predicted octanol–water partition coefficient (Wildman–Crippen LogP) is 8.50. The average molecular weight is 427 g/mol. The van der Waals surface area contributed by atoms with Gasteiger partial charge in [-0.3, -0.25) is 4.79 Å². The number of aliphatic carboxylic acids is 1. The molecule has 0 amide bonds. The molecule has 0 aliphatic carbocycles. The van der Waals surface area contributed by atoms with Gasteiger partial charge in [-0.05, 0) is 45.3 Å². The summed E-state index contributed by atoms with van der Waals surface area (Å²) in [6, 6.07) is 0. The molecule has 1 unspecified atom stereocenters. The summed E-state index contributed by atoms with van der Waals surface area (Å²) < 4.78 is 6.39. The Morgan fingerprint density at radius 3 is 1.90 bits per heavy atom. The van der Waals surface area contributed by atoms with Gasteiger partial charge in [0.15, 0.2) is 8.32 Å². The van der Waals surface area contributed by atoms with Gasteiger partial charge < -0.3 is 9.53 Å². The highest BCUT2D eigenvalue weighted by Gasteiger charge is 2.19. The average Bonchev–Trinajstić information content (AvgIpc) is 2.63. The molecule has 4 heteroatoms. The fourth-order valence-electron chi connectivity index (χ4n) is 3.62. The minimum atomic E-state index is -1.51. The molecule has 0 rings (SSSR count). The minimum Gasteiger partial charge on any atom is -0.481 e. The van der Waals surface area contributed by atoms with Crippen LogP contribution in [0.1, 0.15) is 116 Å². The van der Waals surface area contributed by atoms with E-state index in [0.717, 1.165) is 19.3 Å². The second kappa shape index (κ2) is 19.4. The molecule has 0 aromatic carbocycles. The van der Waals surface area contributed by atoms with E-state index >= 15 is 0 Å². The molecular weight excluding hydrogens is 376 g/mol. The van der Waals surface area contributed by atoms with Gasteiger partial charge in [0, 0.05) is 6.42 Å². The molecule has 172 valence electrons. The summed E-state index contributed by atoms with van der Waals surface area (Å²) in [5.41, 5.74) is 0. The van der Waals surface area contributed by atoms with Gasteiger partial charge in [-0.25, -0.2) is 0 Å². The normalized spacial score (nSPS) is 13.2. The number of rotatable bonds is 21. The van der Waals surface area contributed by atoms with E-state index in [1.54, 1.807) is 0 Å². The maximum atomic E-state index is 10.5. The Balaban J connectivity index is 3.83. The highest BCUT2D eigenvalue weighted by molar-refractivity contribution is 6.69. The summed E-state index contributed by atoms with van der Waals surface area (Å²) in [7, 11) is -1.51. The topological polar surface area (TPSA) is 46.5 Å². The monoisotopic (exact) mass is 426 g/mol. The van der Waals surface area contributed by atoms with Crippen LogP contribution in [0.15, 0.2) is 12.2 Å². The lowest BCUT2D eigenvalue weighted by Gasteiger charge is -2.24. The van der Waals surface area contributed by atoms with Crippen molar-refractivity contribution in [3.8, 4) is 0 Å². The first-order valence-corrected chi connectivity index (χ1v) is 15.8. The molecule has 0 aliphatic rings. The second-order valence-corrected chi connectivity index (χ2v) is 14.0. The largest absolute Gasteiger partial charge is 0.481 e. The van der Waals surface area contributed by atoms with Crippen molar-refractivity contribution in [2.75, 3.05) is 0 Å². The van der Waals surface area contributed by atoms with Crippen LogP contribution in [0, 0.1) is 0 Å². The lowest BCUT2D eigenvalue weighted by Crippen LogP contribution is -2.31. The fraction of sp³-hybridized carbons (Fsp3) is 0.880. The first-order valence-electron chi connectivity index (χ1n) is 12.4. The molecule has 0 heterocycles. The van der Waals surface area contributed by atoms with Gasteiger partial charge in [-0.2, -0.15) is 0 Å². The smallest absolute Gasteiger partial charge is 0.303 e. The summed E-state index contributed by atoms with van der Waals surface area (Å²) in [5, 5.41) is 8.64. The summed E-state index contributed by atoms with van der Waals surface area (Å²) in [5.74, 6) is -0.666. The van der Waals surface area contributed by atoms with Gasteiger partial charge >= 0.3 is 5.97 Å². The number of unbranched alkanes of at least 4 members (excludes halogenated alkanes) is 13. The third-order valence-corrected chi connectivity index (χ3v) is 6.22. The van der Waals surface area contributed by atoms with Crippen LogP contribution in [0.3, 0.4) is 0 Å². The van der Waals surface area contributed by atoms with E-state index in [-0.39, 0.29) is 0 Å². The summed E-state index contributed by atoms with van der Waals surface area (Å²) in [6.45, 7) is 9.12. The molecule has 29 heavy (non-hydrogen) atoms. The lowest BCUT2D eigenvalue weighted by atomic mass is 10.0. The molecule has 0 aromatic rings.